The van der Waals surface area contributed by atoms with Gasteiger partial charge in [-0.05, 0) is 42.9 Å². The molecule has 0 bridgehead atoms. The van der Waals surface area contributed by atoms with Gasteiger partial charge in [0.1, 0.15) is 23.9 Å². The van der Waals surface area contributed by atoms with Crippen molar-refractivity contribution in [1.29, 1.82) is 0 Å². The Kier molecular flexibility index (Phi) is 11.6. The molecule has 0 radical (unpaired) electrons. The smallest absolute Gasteiger partial charge is 0.326 e. The van der Waals surface area contributed by atoms with E-state index in [0.717, 1.165) is 0 Å². The Bertz CT molecular complexity index is 871. The van der Waals surface area contributed by atoms with E-state index in [2.05, 4.69) is 16.0 Å². The number of hydrogen-bond acceptors (Lipinski definition) is 7. The fraction of sp³-hybridized carbons (Fsp3) is 0.583. The van der Waals surface area contributed by atoms with Crippen molar-refractivity contribution in [2.75, 3.05) is 0 Å². The van der Waals surface area contributed by atoms with Crippen LogP contribution in [0, 0.1) is 11.8 Å². The van der Waals surface area contributed by atoms with E-state index in [0.29, 0.717) is 5.56 Å². The highest BCUT2D eigenvalue weighted by atomic mass is 16.4. The van der Waals surface area contributed by atoms with Gasteiger partial charge in [-0.2, -0.15) is 0 Å². The quantitative estimate of drug-likeness (QED) is 0.197. The lowest BCUT2D eigenvalue weighted by Gasteiger charge is -2.27. The summed E-state index contributed by atoms with van der Waals surface area (Å²) in [6, 6.07) is 1.31. The fourth-order valence-electron chi connectivity index (χ4n) is 3.26. The number of nitrogens with two attached hydrogens (primary N) is 1. The first-order chi connectivity index (χ1) is 16.2. The molecule has 8 N–H and O–H groups in total. The van der Waals surface area contributed by atoms with Crippen LogP contribution in [0.2, 0.25) is 0 Å². The summed E-state index contributed by atoms with van der Waals surface area (Å²) < 4.78 is 0. The van der Waals surface area contributed by atoms with Crippen LogP contribution < -0.4 is 21.7 Å². The predicted octanol–water partition coefficient (Wildman–Crippen LogP) is -0.116. The van der Waals surface area contributed by atoms with Crippen LogP contribution >= 0.6 is 0 Å². The third-order valence-corrected chi connectivity index (χ3v) is 5.41. The molecular weight excluding hydrogens is 456 g/mol. The van der Waals surface area contributed by atoms with Crippen LogP contribution in [-0.4, -0.2) is 69.3 Å². The number of aliphatic hydroxyl groups excluding tert-OH is 1. The number of carbonyl (C=O) groups excluding carboxylic acids is 3. The summed E-state index contributed by atoms with van der Waals surface area (Å²) in [6.07, 6.45) is -1.17. The van der Waals surface area contributed by atoms with Crippen LogP contribution in [0.25, 0.3) is 0 Å². The van der Waals surface area contributed by atoms with Crippen molar-refractivity contribution >= 4 is 23.7 Å². The second-order valence-corrected chi connectivity index (χ2v) is 9.46. The summed E-state index contributed by atoms with van der Waals surface area (Å²) in [5.74, 6) is -3.62. The van der Waals surface area contributed by atoms with E-state index >= 15 is 0 Å². The molecule has 1 aromatic carbocycles. The SMILES string of the molecule is CC(C)CC(NC(=O)C(NC(=O)C(Cc1ccc(O)cc1)NC(=O)C(N)C(C)C)C(C)O)C(=O)O. The number of aliphatic hydroxyl groups is 1. The van der Waals surface area contributed by atoms with Crippen molar-refractivity contribution in [2.45, 2.75) is 77.7 Å². The van der Waals surface area contributed by atoms with Crippen LogP contribution in [0.15, 0.2) is 24.3 Å². The zero-order valence-corrected chi connectivity index (χ0v) is 20.8. The molecule has 5 atom stereocenters. The van der Waals surface area contributed by atoms with E-state index < -0.39 is 54.0 Å². The van der Waals surface area contributed by atoms with E-state index in [9.17, 15) is 34.5 Å². The number of carboxylic acid groups (broad SMARTS) is 1. The van der Waals surface area contributed by atoms with Crippen LogP contribution in [0.4, 0.5) is 0 Å². The zero-order valence-electron chi connectivity index (χ0n) is 20.8. The number of nitrogens with one attached hydrogen (secondary N) is 3. The molecule has 0 aliphatic heterocycles. The molecule has 0 spiro atoms. The van der Waals surface area contributed by atoms with Gasteiger partial charge in [-0.1, -0.05) is 39.8 Å². The Hall–Kier alpha value is -3.18. The van der Waals surface area contributed by atoms with Crippen LogP contribution in [0.5, 0.6) is 5.75 Å². The summed E-state index contributed by atoms with van der Waals surface area (Å²) >= 11 is 0. The van der Waals surface area contributed by atoms with E-state index in [4.69, 9.17) is 5.73 Å². The van der Waals surface area contributed by atoms with Crippen molar-refractivity contribution in [3.8, 4) is 5.75 Å². The van der Waals surface area contributed by atoms with Gasteiger partial charge in [0.15, 0.2) is 0 Å². The van der Waals surface area contributed by atoms with Crippen molar-refractivity contribution < 1.29 is 34.5 Å². The Labute approximate surface area is 205 Å². The van der Waals surface area contributed by atoms with Gasteiger partial charge in [-0.15, -0.1) is 0 Å². The van der Waals surface area contributed by atoms with Gasteiger partial charge in [0.05, 0.1) is 12.1 Å². The maximum Gasteiger partial charge on any atom is 0.326 e. The Morgan fingerprint density at radius 3 is 1.86 bits per heavy atom. The second-order valence-electron chi connectivity index (χ2n) is 9.46. The number of aliphatic carboxylic acids is 1. The minimum atomic E-state index is -1.46. The lowest BCUT2D eigenvalue weighted by atomic mass is 10.0. The maximum atomic E-state index is 13.1. The van der Waals surface area contributed by atoms with E-state index in [1.54, 1.807) is 39.8 Å². The fourth-order valence-corrected chi connectivity index (χ4v) is 3.26. The highest BCUT2D eigenvalue weighted by Crippen LogP contribution is 2.12. The molecule has 0 heterocycles. The van der Waals surface area contributed by atoms with Gasteiger partial charge in [0.2, 0.25) is 17.7 Å². The summed E-state index contributed by atoms with van der Waals surface area (Å²) in [5, 5.41) is 36.4. The average Bonchev–Trinajstić information content (AvgIpc) is 2.76. The minimum Gasteiger partial charge on any atom is -0.508 e. The normalized spacial score (nSPS) is 15.6. The molecule has 196 valence electrons. The number of hydrogen-bond donors (Lipinski definition) is 7. The van der Waals surface area contributed by atoms with Crippen LogP contribution in [0.3, 0.4) is 0 Å². The molecule has 0 saturated carbocycles. The van der Waals surface area contributed by atoms with Crippen molar-refractivity contribution in [3.05, 3.63) is 29.8 Å². The summed E-state index contributed by atoms with van der Waals surface area (Å²) in [7, 11) is 0. The van der Waals surface area contributed by atoms with E-state index in [-0.39, 0.29) is 30.4 Å². The highest BCUT2D eigenvalue weighted by molar-refractivity contribution is 5.94. The maximum absolute atomic E-state index is 13.1. The number of phenols is 1. The molecule has 0 aromatic heterocycles. The number of amides is 3. The zero-order chi connectivity index (χ0) is 26.9. The molecule has 5 unspecified atom stereocenters. The molecular formula is C24H38N4O7. The molecule has 0 aliphatic carbocycles. The van der Waals surface area contributed by atoms with Gasteiger partial charge in [-0.25, -0.2) is 4.79 Å². The molecule has 0 saturated heterocycles. The average molecular weight is 495 g/mol. The second kappa shape index (κ2) is 13.6. The molecule has 0 fully saturated rings. The summed E-state index contributed by atoms with van der Waals surface area (Å²) in [4.78, 5) is 50.0. The van der Waals surface area contributed by atoms with E-state index in [1.807, 2.05) is 0 Å². The van der Waals surface area contributed by atoms with Crippen molar-refractivity contribution in [1.82, 2.24) is 16.0 Å². The summed E-state index contributed by atoms with van der Waals surface area (Å²) in [5.41, 5.74) is 6.52. The third-order valence-electron chi connectivity index (χ3n) is 5.41. The Balaban J connectivity index is 3.10. The van der Waals surface area contributed by atoms with Gasteiger partial charge in [0.25, 0.3) is 0 Å². The monoisotopic (exact) mass is 494 g/mol. The van der Waals surface area contributed by atoms with Gasteiger partial charge >= 0.3 is 5.97 Å². The number of phenolic OH excluding ortho intramolecular Hbond substituents is 1. The van der Waals surface area contributed by atoms with E-state index in [1.165, 1.54) is 19.1 Å². The Morgan fingerprint density at radius 1 is 0.857 bits per heavy atom. The molecule has 35 heavy (non-hydrogen) atoms. The lowest BCUT2D eigenvalue weighted by Crippen LogP contribution is -2.60. The van der Waals surface area contributed by atoms with Crippen molar-refractivity contribution in [2.24, 2.45) is 17.6 Å². The molecule has 0 aliphatic rings. The van der Waals surface area contributed by atoms with Gasteiger partial charge in [0, 0.05) is 6.42 Å². The third kappa shape index (κ3) is 9.91. The topological polar surface area (TPSA) is 191 Å². The van der Waals surface area contributed by atoms with Crippen LogP contribution in [-0.2, 0) is 25.6 Å². The first-order valence-electron chi connectivity index (χ1n) is 11.6. The minimum absolute atomic E-state index is 0.0158. The first kappa shape index (κ1) is 29.9. The number of aromatic hydroxyl groups is 1. The molecule has 1 aromatic rings. The summed E-state index contributed by atoms with van der Waals surface area (Å²) in [6.45, 7) is 8.39. The number of benzene rings is 1. The van der Waals surface area contributed by atoms with Crippen LogP contribution in [0.1, 0.15) is 46.6 Å². The molecule has 3 amide bonds. The Morgan fingerprint density at radius 2 is 1.40 bits per heavy atom. The molecule has 11 nitrogen and oxygen atoms in total. The molecule has 1 rings (SSSR count). The van der Waals surface area contributed by atoms with Gasteiger partial charge < -0.3 is 37.0 Å². The standard InChI is InChI=1S/C24H38N4O7/c1-12(2)10-18(24(34)35)27-23(33)20(14(5)29)28-21(31)17(26-22(32)19(25)13(3)4)11-15-6-8-16(30)9-7-15/h6-9,12-14,17-20,29-30H,10-11,25H2,1-5H3,(H,26,32)(H,27,33)(H,28,31)(H,34,35). The first-order valence-corrected chi connectivity index (χ1v) is 11.6. The highest BCUT2D eigenvalue weighted by Gasteiger charge is 2.33. The number of carbonyl (C=O) groups is 4. The van der Waals surface area contributed by atoms with Gasteiger partial charge in [-0.3, -0.25) is 14.4 Å². The lowest BCUT2D eigenvalue weighted by molar-refractivity contribution is -0.143. The predicted molar refractivity (Wildman–Crippen MR) is 129 cm³/mol. The van der Waals surface area contributed by atoms with Crippen molar-refractivity contribution in [3.63, 3.8) is 0 Å². The molecule has 11 heteroatoms. The number of carboxylic acids is 1. The largest absolute Gasteiger partial charge is 0.508 e. The number of rotatable bonds is 13.